The molecule has 3 rings (SSSR count). The zero-order valence-corrected chi connectivity index (χ0v) is 13.7. The minimum atomic E-state index is 0.0582. The Morgan fingerprint density at radius 3 is 2.70 bits per heavy atom. The Labute approximate surface area is 135 Å². The predicted molar refractivity (Wildman–Crippen MR) is 87.1 cm³/mol. The number of aromatic nitrogens is 4. The number of hydrogen-bond acceptors (Lipinski definition) is 5. The molecule has 0 radical (unpaired) electrons. The van der Waals surface area contributed by atoms with E-state index < -0.39 is 0 Å². The van der Waals surface area contributed by atoms with E-state index in [4.69, 9.17) is 4.42 Å². The van der Waals surface area contributed by atoms with Crippen LogP contribution in [0.1, 0.15) is 37.2 Å². The van der Waals surface area contributed by atoms with Gasteiger partial charge >= 0.3 is 0 Å². The Balaban J connectivity index is 1.68. The van der Waals surface area contributed by atoms with Crippen LogP contribution in [0.3, 0.4) is 0 Å². The first kappa shape index (κ1) is 15.4. The highest BCUT2D eigenvalue weighted by Crippen LogP contribution is 2.20. The second-order valence-corrected chi connectivity index (χ2v) is 5.61. The van der Waals surface area contributed by atoms with Gasteiger partial charge in [0.25, 0.3) is 0 Å². The van der Waals surface area contributed by atoms with Crippen molar-refractivity contribution < 1.29 is 4.42 Å². The van der Waals surface area contributed by atoms with Crippen LogP contribution >= 0.6 is 0 Å². The molecule has 6 heteroatoms. The summed E-state index contributed by atoms with van der Waals surface area (Å²) in [6.45, 7) is 4.83. The molecule has 0 aliphatic carbocycles. The van der Waals surface area contributed by atoms with Gasteiger partial charge in [-0.05, 0) is 26.1 Å². The fraction of sp³-hybridized carbons (Fsp3) is 0.353. The van der Waals surface area contributed by atoms with E-state index in [1.807, 2.05) is 61.4 Å². The average Bonchev–Trinajstić information content (AvgIpc) is 3.24. The van der Waals surface area contributed by atoms with Crippen molar-refractivity contribution in [3.63, 3.8) is 0 Å². The second-order valence-electron chi connectivity index (χ2n) is 5.61. The molecule has 0 aliphatic rings. The lowest BCUT2D eigenvalue weighted by Gasteiger charge is -2.20. The number of hydrogen-bond donors (Lipinski definition) is 0. The fourth-order valence-electron chi connectivity index (χ4n) is 2.36. The highest BCUT2D eigenvalue weighted by atomic mass is 16.4. The third-order valence-corrected chi connectivity index (χ3v) is 3.89. The predicted octanol–water partition coefficient (Wildman–Crippen LogP) is 3.01. The molecule has 120 valence electrons. The minimum Gasteiger partial charge on any atom is -0.424 e. The zero-order chi connectivity index (χ0) is 16.2. The van der Waals surface area contributed by atoms with Crippen molar-refractivity contribution >= 4 is 0 Å². The third-order valence-electron chi connectivity index (χ3n) is 3.89. The van der Waals surface area contributed by atoms with Crippen LogP contribution in [0.2, 0.25) is 0 Å². The number of para-hydroxylation sites is 1. The maximum atomic E-state index is 5.64. The molecule has 1 atom stereocenters. The molecule has 2 aromatic heterocycles. The van der Waals surface area contributed by atoms with E-state index in [1.54, 1.807) is 0 Å². The van der Waals surface area contributed by atoms with E-state index in [1.165, 1.54) is 0 Å². The van der Waals surface area contributed by atoms with Crippen LogP contribution in [-0.2, 0) is 13.0 Å². The molecule has 0 unspecified atom stereocenters. The first-order valence-electron chi connectivity index (χ1n) is 7.79. The standard InChI is InChI=1S/C17H21N5O/c1-4-16-19-20-17(23-16)13(2)21(3)11-14-10-18-22(12-14)15-8-6-5-7-9-15/h5-10,12-13H,4,11H2,1-3H3/t13-/m1/s1. The Hall–Kier alpha value is -2.47. The highest BCUT2D eigenvalue weighted by molar-refractivity contribution is 5.30. The van der Waals surface area contributed by atoms with Gasteiger partial charge in [-0.2, -0.15) is 5.10 Å². The molecular formula is C17H21N5O. The summed E-state index contributed by atoms with van der Waals surface area (Å²) < 4.78 is 7.53. The first-order valence-corrected chi connectivity index (χ1v) is 7.79. The maximum Gasteiger partial charge on any atom is 0.233 e. The number of aryl methyl sites for hydroxylation is 1. The van der Waals surface area contributed by atoms with E-state index in [0.717, 1.165) is 24.2 Å². The summed E-state index contributed by atoms with van der Waals surface area (Å²) >= 11 is 0. The van der Waals surface area contributed by atoms with E-state index in [0.29, 0.717) is 11.8 Å². The first-order chi connectivity index (χ1) is 11.2. The Bertz CT molecular complexity index is 749. The van der Waals surface area contributed by atoms with Crippen LogP contribution in [0.25, 0.3) is 5.69 Å². The third kappa shape index (κ3) is 3.48. The van der Waals surface area contributed by atoms with Crippen molar-refractivity contribution in [2.24, 2.45) is 0 Å². The smallest absolute Gasteiger partial charge is 0.233 e. The van der Waals surface area contributed by atoms with Gasteiger partial charge in [0.2, 0.25) is 11.8 Å². The Morgan fingerprint density at radius 1 is 1.22 bits per heavy atom. The van der Waals surface area contributed by atoms with Crippen molar-refractivity contribution in [3.8, 4) is 5.69 Å². The summed E-state index contributed by atoms with van der Waals surface area (Å²) in [5, 5.41) is 12.6. The highest BCUT2D eigenvalue weighted by Gasteiger charge is 2.18. The molecule has 6 nitrogen and oxygen atoms in total. The average molecular weight is 311 g/mol. The van der Waals surface area contributed by atoms with Gasteiger partial charge in [0.15, 0.2) is 0 Å². The van der Waals surface area contributed by atoms with Crippen molar-refractivity contribution in [2.45, 2.75) is 32.9 Å². The summed E-state index contributed by atoms with van der Waals surface area (Å²) in [4.78, 5) is 2.17. The molecule has 0 N–H and O–H groups in total. The van der Waals surface area contributed by atoms with Gasteiger partial charge in [0, 0.05) is 24.7 Å². The second kappa shape index (κ2) is 6.75. The molecule has 0 aliphatic heterocycles. The molecule has 0 saturated heterocycles. The van der Waals surface area contributed by atoms with Crippen LogP contribution in [0.15, 0.2) is 47.1 Å². The topological polar surface area (TPSA) is 60.0 Å². The van der Waals surface area contributed by atoms with Crippen LogP contribution in [-0.4, -0.2) is 31.9 Å². The van der Waals surface area contributed by atoms with Gasteiger partial charge in [0.05, 0.1) is 17.9 Å². The lowest BCUT2D eigenvalue weighted by molar-refractivity contribution is 0.214. The van der Waals surface area contributed by atoms with Gasteiger partial charge < -0.3 is 4.42 Å². The van der Waals surface area contributed by atoms with Gasteiger partial charge in [-0.25, -0.2) is 4.68 Å². The number of rotatable bonds is 6. The van der Waals surface area contributed by atoms with Crippen molar-refractivity contribution in [1.29, 1.82) is 0 Å². The van der Waals surface area contributed by atoms with Crippen LogP contribution in [0.4, 0.5) is 0 Å². The number of benzene rings is 1. The molecule has 0 bridgehead atoms. The molecule has 23 heavy (non-hydrogen) atoms. The summed E-state index contributed by atoms with van der Waals surface area (Å²) in [5.74, 6) is 1.33. The quantitative estimate of drug-likeness (QED) is 0.700. The molecule has 0 saturated carbocycles. The molecule has 0 amide bonds. The van der Waals surface area contributed by atoms with Gasteiger partial charge in [-0.1, -0.05) is 25.1 Å². The zero-order valence-electron chi connectivity index (χ0n) is 13.7. The number of nitrogens with zero attached hydrogens (tertiary/aromatic N) is 5. The van der Waals surface area contributed by atoms with E-state index in [9.17, 15) is 0 Å². The van der Waals surface area contributed by atoms with Crippen molar-refractivity contribution in [2.75, 3.05) is 7.05 Å². The maximum absolute atomic E-state index is 5.64. The lowest BCUT2D eigenvalue weighted by Crippen LogP contribution is -2.22. The molecule has 1 aromatic carbocycles. The van der Waals surface area contributed by atoms with Crippen molar-refractivity contribution in [1.82, 2.24) is 24.9 Å². The SMILES string of the molecule is CCc1nnc([C@@H](C)N(C)Cc2cnn(-c3ccccc3)c2)o1. The summed E-state index contributed by atoms with van der Waals surface area (Å²) in [6.07, 6.45) is 4.69. The lowest BCUT2D eigenvalue weighted by atomic mass is 10.2. The van der Waals surface area contributed by atoms with E-state index in [2.05, 4.69) is 27.1 Å². The Kier molecular flexibility index (Phi) is 4.52. The van der Waals surface area contributed by atoms with E-state index >= 15 is 0 Å². The van der Waals surface area contributed by atoms with Gasteiger partial charge in [0.1, 0.15) is 0 Å². The molecule has 0 fully saturated rings. The normalized spacial score (nSPS) is 12.7. The van der Waals surface area contributed by atoms with Crippen molar-refractivity contribution in [3.05, 3.63) is 60.1 Å². The fourth-order valence-corrected chi connectivity index (χ4v) is 2.36. The molecular weight excluding hydrogens is 290 g/mol. The monoisotopic (exact) mass is 311 g/mol. The van der Waals surface area contributed by atoms with E-state index in [-0.39, 0.29) is 6.04 Å². The summed E-state index contributed by atoms with van der Waals surface area (Å²) in [6, 6.07) is 10.1. The Morgan fingerprint density at radius 2 is 2.00 bits per heavy atom. The largest absolute Gasteiger partial charge is 0.424 e. The minimum absolute atomic E-state index is 0.0582. The molecule has 3 aromatic rings. The van der Waals surface area contributed by atoms with Crippen LogP contribution in [0.5, 0.6) is 0 Å². The summed E-state index contributed by atoms with van der Waals surface area (Å²) in [5.41, 5.74) is 2.19. The van der Waals surface area contributed by atoms with Gasteiger partial charge in [-0.15, -0.1) is 10.2 Å². The van der Waals surface area contributed by atoms with Crippen LogP contribution < -0.4 is 0 Å². The molecule has 0 spiro atoms. The molecule has 2 heterocycles. The van der Waals surface area contributed by atoms with Gasteiger partial charge in [-0.3, -0.25) is 4.90 Å². The summed E-state index contributed by atoms with van der Waals surface area (Å²) in [7, 11) is 2.04. The van der Waals surface area contributed by atoms with Crippen LogP contribution in [0, 0.1) is 0 Å².